The van der Waals surface area contributed by atoms with E-state index in [2.05, 4.69) is 10.3 Å². The molecular formula is C27H37N3O5. The number of likely N-dealkylation sites (N-methyl/N-ethyl adjacent to an activating group) is 1. The molecule has 0 aliphatic heterocycles. The zero-order chi connectivity index (χ0) is 26.3. The molecule has 8 heteroatoms. The molecule has 0 spiro atoms. The number of carbonyl (C=O) groups excluding carboxylic acids is 3. The fourth-order valence-electron chi connectivity index (χ4n) is 3.61. The number of rotatable bonds is 9. The summed E-state index contributed by atoms with van der Waals surface area (Å²) in [5.74, 6) is -1.23. The minimum absolute atomic E-state index is 0.00402. The van der Waals surface area contributed by atoms with E-state index in [4.69, 9.17) is 4.74 Å². The molecule has 0 heterocycles. The molecule has 0 fully saturated rings. The lowest BCUT2D eigenvalue weighted by Crippen LogP contribution is -2.50. The largest absolute Gasteiger partial charge is 0.507 e. The maximum Gasteiger partial charge on any atom is 0.309 e. The molecule has 2 aromatic carbocycles. The van der Waals surface area contributed by atoms with Gasteiger partial charge in [0.2, 0.25) is 11.8 Å². The van der Waals surface area contributed by atoms with E-state index < -0.39 is 29.6 Å². The van der Waals surface area contributed by atoms with E-state index in [0.717, 1.165) is 10.8 Å². The molecule has 2 aromatic rings. The molecule has 0 bridgehead atoms. The third kappa shape index (κ3) is 8.38. The summed E-state index contributed by atoms with van der Waals surface area (Å²) in [5.41, 5.74) is -0.287. The summed E-state index contributed by atoms with van der Waals surface area (Å²) in [6.45, 7) is 9.15. The molecule has 2 atom stereocenters. The summed E-state index contributed by atoms with van der Waals surface area (Å²) in [6, 6.07) is 8.92. The van der Waals surface area contributed by atoms with Gasteiger partial charge in [0, 0.05) is 25.9 Å². The van der Waals surface area contributed by atoms with E-state index in [0.29, 0.717) is 12.0 Å². The molecule has 0 radical (unpaired) electrons. The number of phenolic OH excluding ortho intramolecular Hbond substituents is 1. The highest BCUT2D eigenvalue weighted by atomic mass is 16.6. The number of esters is 1. The van der Waals surface area contributed by atoms with Gasteiger partial charge in [0.15, 0.2) is 0 Å². The molecule has 8 nitrogen and oxygen atoms in total. The van der Waals surface area contributed by atoms with Gasteiger partial charge in [-0.1, -0.05) is 44.2 Å². The second kappa shape index (κ2) is 11.8. The Morgan fingerprint density at radius 2 is 1.77 bits per heavy atom. The van der Waals surface area contributed by atoms with Crippen molar-refractivity contribution in [3.05, 3.63) is 42.0 Å². The zero-order valence-corrected chi connectivity index (χ0v) is 21.7. The van der Waals surface area contributed by atoms with Crippen LogP contribution in [0, 0.1) is 5.92 Å². The van der Waals surface area contributed by atoms with Crippen LogP contribution < -0.4 is 5.32 Å². The maximum atomic E-state index is 13.3. The highest BCUT2D eigenvalue weighted by Gasteiger charge is 2.29. The van der Waals surface area contributed by atoms with Crippen LogP contribution in [0.15, 0.2) is 41.4 Å². The molecule has 2 N–H and O–H groups in total. The van der Waals surface area contributed by atoms with Gasteiger partial charge in [-0.15, -0.1) is 0 Å². The van der Waals surface area contributed by atoms with Gasteiger partial charge < -0.3 is 20.1 Å². The van der Waals surface area contributed by atoms with Gasteiger partial charge in [0.05, 0.1) is 6.42 Å². The van der Waals surface area contributed by atoms with E-state index in [1.165, 1.54) is 11.1 Å². The van der Waals surface area contributed by atoms with Crippen LogP contribution in [0.4, 0.5) is 0 Å². The lowest BCUT2D eigenvalue weighted by atomic mass is 10.0. The van der Waals surface area contributed by atoms with Crippen molar-refractivity contribution in [3.8, 4) is 5.75 Å². The van der Waals surface area contributed by atoms with Gasteiger partial charge in [0.25, 0.3) is 0 Å². The number of fused-ring (bicyclic) bond motifs is 1. The highest BCUT2D eigenvalue weighted by Crippen LogP contribution is 2.26. The van der Waals surface area contributed by atoms with Gasteiger partial charge in [-0.2, -0.15) is 0 Å². The minimum atomic E-state index is -1.15. The lowest BCUT2D eigenvalue weighted by Gasteiger charge is -2.25. The fourth-order valence-corrected chi connectivity index (χ4v) is 3.61. The standard InChI is InChI=1S/C27H37N3O5/c1-17(2)14-22(26(34)30(6)7)29-25(33)21(15-24(32)35-27(3,4)5)28-16-20-19-11-9-8-10-18(19)12-13-23(20)31/h8-13,16-17,21-22,31H,14-15H2,1-7H3,(H,29,33)/t21-,22-/m0/s1. The number of amides is 2. The summed E-state index contributed by atoms with van der Waals surface area (Å²) in [4.78, 5) is 44.3. The van der Waals surface area contributed by atoms with E-state index in [1.807, 2.05) is 38.1 Å². The van der Waals surface area contributed by atoms with Crippen molar-refractivity contribution in [2.75, 3.05) is 14.1 Å². The molecule has 35 heavy (non-hydrogen) atoms. The third-order valence-electron chi connectivity index (χ3n) is 5.18. The number of aromatic hydroxyl groups is 1. The first-order valence-electron chi connectivity index (χ1n) is 11.8. The van der Waals surface area contributed by atoms with Crippen molar-refractivity contribution in [2.45, 2.75) is 65.1 Å². The van der Waals surface area contributed by atoms with Crippen LogP contribution in [0.2, 0.25) is 0 Å². The molecule has 0 aliphatic rings. The predicted octanol–water partition coefficient (Wildman–Crippen LogP) is 3.68. The van der Waals surface area contributed by atoms with Crippen molar-refractivity contribution in [3.63, 3.8) is 0 Å². The van der Waals surface area contributed by atoms with Crippen LogP contribution in [0.3, 0.4) is 0 Å². The normalized spacial score (nSPS) is 13.6. The summed E-state index contributed by atoms with van der Waals surface area (Å²) in [6.07, 6.45) is 1.53. The van der Waals surface area contributed by atoms with Gasteiger partial charge in [-0.25, -0.2) is 0 Å². The summed E-state index contributed by atoms with van der Waals surface area (Å²) in [7, 11) is 3.25. The minimum Gasteiger partial charge on any atom is -0.507 e. The Labute approximate surface area is 207 Å². The van der Waals surface area contributed by atoms with Crippen molar-refractivity contribution in [2.24, 2.45) is 10.9 Å². The van der Waals surface area contributed by atoms with Gasteiger partial charge in [0.1, 0.15) is 23.4 Å². The molecule has 0 saturated carbocycles. The quantitative estimate of drug-likeness (QED) is 0.418. The van der Waals surface area contributed by atoms with E-state index in [1.54, 1.807) is 47.0 Å². The fraction of sp³-hybridized carbons (Fsp3) is 0.481. The number of aliphatic imine (C=N–C) groups is 1. The van der Waals surface area contributed by atoms with Crippen LogP contribution in [0.5, 0.6) is 5.75 Å². The third-order valence-corrected chi connectivity index (χ3v) is 5.18. The monoisotopic (exact) mass is 483 g/mol. The average molecular weight is 484 g/mol. The number of phenols is 1. The molecule has 190 valence electrons. The summed E-state index contributed by atoms with van der Waals surface area (Å²) < 4.78 is 5.40. The van der Waals surface area contributed by atoms with Gasteiger partial charge in [-0.05, 0) is 49.9 Å². The average Bonchev–Trinajstić information content (AvgIpc) is 2.74. The topological polar surface area (TPSA) is 108 Å². The number of nitrogens with zero attached hydrogens (tertiary/aromatic N) is 2. The van der Waals surface area contributed by atoms with Crippen molar-refractivity contribution in [1.82, 2.24) is 10.2 Å². The van der Waals surface area contributed by atoms with Gasteiger partial charge in [-0.3, -0.25) is 19.4 Å². The molecule has 0 aliphatic carbocycles. The number of nitrogens with one attached hydrogen (secondary N) is 1. The van der Waals surface area contributed by atoms with Crippen LogP contribution >= 0.6 is 0 Å². The first kappa shape index (κ1) is 27.8. The zero-order valence-electron chi connectivity index (χ0n) is 21.7. The van der Waals surface area contributed by atoms with Gasteiger partial charge >= 0.3 is 5.97 Å². The van der Waals surface area contributed by atoms with Crippen LogP contribution in [-0.4, -0.2) is 65.8 Å². The van der Waals surface area contributed by atoms with E-state index in [9.17, 15) is 19.5 Å². The predicted molar refractivity (Wildman–Crippen MR) is 138 cm³/mol. The Balaban J connectivity index is 2.39. The smallest absolute Gasteiger partial charge is 0.309 e. The molecule has 2 rings (SSSR count). The van der Waals surface area contributed by atoms with Crippen LogP contribution in [0.1, 0.15) is 53.0 Å². The first-order valence-corrected chi connectivity index (χ1v) is 11.8. The number of ether oxygens (including phenoxy) is 1. The van der Waals surface area contributed by atoms with Crippen molar-refractivity contribution >= 4 is 34.8 Å². The Kier molecular flexibility index (Phi) is 9.40. The van der Waals surface area contributed by atoms with Crippen LogP contribution in [-0.2, 0) is 19.1 Å². The van der Waals surface area contributed by atoms with E-state index in [-0.39, 0.29) is 24.0 Å². The van der Waals surface area contributed by atoms with E-state index >= 15 is 0 Å². The van der Waals surface area contributed by atoms with Crippen molar-refractivity contribution in [1.29, 1.82) is 0 Å². The molecule has 2 amide bonds. The maximum absolute atomic E-state index is 13.3. The summed E-state index contributed by atoms with van der Waals surface area (Å²) >= 11 is 0. The van der Waals surface area contributed by atoms with Crippen molar-refractivity contribution < 1.29 is 24.2 Å². The molecular weight excluding hydrogens is 446 g/mol. The lowest BCUT2D eigenvalue weighted by molar-refractivity contribution is -0.156. The number of benzene rings is 2. The Morgan fingerprint density at radius 1 is 1.11 bits per heavy atom. The summed E-state index contributed by atoms with van der Waals surface area (Å²) in [5, 5.41) is 14.9. The highest BCUT2D eigenvalue weighted by molar-refractivity contribution is 6.03. The Morgan fingerprint density at radius 3 is 2.37 bits per heavy atom. The molecule has 0 unspecified atom stereocenters. The Bertz CT molecular complexity index is 1090. The number of carbonyl (C=O) groups is 3. The Hall–Kier alpha value is -3.42. The SMILES string of the molecule is CC(C)C[C@H](NC(=O)[C@H](CC(=O)OC(C)(C)C)N=Cc1c(O)ccc2ccccc12)C(=O)N(C)C. The number of hydrogen-bond donors (Lipinski definition) is 2. The number of hydrogen-bond acceptors (Lipinski definition) is 6. The first-order chi connectivity index (χ1) is 16.3. The second-order valence-electron chi connectivity index (χ2n) is 10.2. The second-order valence-corrected chi connectivity index (χ2v) is 10.2. The van der Waals surface area contributed by atoms with Crippen LogP contribution in [0.25, 0.3) is 10.8 Å². The molecule has 0 aromatic heterocycles. The molecule has 0 saturated heterocycles.